The van der Waals surface area contributed by atoms with Gasteiger partial charge in [0, 0.05) is 56.7 Å². The van der Waals surface area contributed by atoms with Crippen molar-refractivity contribution in [2.45, 2.75) is 51.0 Å². The molecule has 0 saturated heterocycles. The Bertz CT molecular complexity index is 2570. The van der Waals surface area contributed by atoms with Crippen LogP contribution in [0.15, 0.2) is 175 Å². The predicted molar refractivity (Wildman–Crippen MR) is 227 cm³/mol. The summed E-state index contributed by atoms with van der Waals surface area (Å²) < 4.78 is 8.77. The number of nitrogens with zero attached hydrogens (tertiary/aromatic N) is 1. The van der Waals surface area contributed by atoms with Crippen molar-refractivity contribution in [2.24, 2.45) is 5.92 Å². The molecule has 0 fully saturated rings. The van der Waals surface area contributed by atoms with Gasteiger partial charge in [0.1, 0.15) is 11.9 Å². The molecule has 3 atom stereocenters. The van der Waals surface area contributed by atoms with E-state index >= 15 is 0 Å². The monoisotopic (exact) mass is 700 g/mol. The zero-order valence-electron chi connectivity index (χ0n) is 30.8. The summed E-state index contributed by atoms with van der Waals surface area (Å²) >= 11 is 0. The van der Waals surface area contributed by atoms with E-state index in [1.54, 1.807) is 0 Å². The molecule has 1 aliphatic heterocycles. The summed E-state index contributed by atoms with van der Waals surface area (Å²) in [5, 5.41) is 5.19. The van der Waals surface area contributed by atoms with Gasteiger partial charge in [0.25, 0.3) is 0 Å². The summed E-state index contributed by atoms with van der Waals surface area (Å²) in [5.74, 6) is 1.69. The van der Waals surface area contributed by atoms with Crippen LogP contribution in [-0.2, 0) is 6.42 Å². The lowest BCUT2D eigenvalue weighted by atomic mass is 9.76. The maximum Gasteiger partial charge on any atom is 0.128 e. The van der Waals surface area contributed by atoms with Crippen LogP contribution in [-0.4, -0.2) is 10.7 Å². The van der Waals surface area contributed by atoms with Gasteiger partial charge in [0.05, 0.1) is 5.52 Å². The van der Waals surface area contributed by atoms with E-state index in [1.165, 1.54) is 72.5 Å². The Morgan fingerprint density at radius 2 is 1.74 bits per heavy atom. The zero-order valence-corrected chi connectivity index (χ0v) is 30.8. The minimum absolute atomic E-state index is 0.0855. The molecular formula is C51H44N2O. The van der Waals surface area contributed by atoms with Gasteiger partial charge in [-0.1, -0.05) is 116 Å². The van der Waals surface area contributed by atoms with E-state index in [9.17, 15) is 0 Å². The third-order valence-corrected chi connectivity index (χ3v) is 12.0. The molecule has 2 heterocycles. The molecule has 54 heavy (non-hydrogen) atoms. The molecule has 3 aromatic carbocycles. The summed E-state index contributed by atoms with van der Waals surface area (Å²) in [6.07, 6.45) is 38.8. The lowest BCUT2D eigenvalue weighted by Crippen LogP contribution is -2.19. The molecule has 4 aromatic rings. The molecule has 6 aliphatic rings. The Balaban J connectivity index is 0.983. The first-order valence-electron chi connectivity index (χ1n) is 19.5. The zero-order chi connectivity index (χ0) is 36.2. The van der Waals surface area contributed by atoms with Gasteiger partial charge in [-0.05, 0) is 115 Å². The topological polar surface area (TPSA) is 26.2 Å². The number of allylic oxidation sites excluding steroid dienone is 18. The van der Waals surface area contributed by atoms with Crippen molar-refractivity contribution < 1.29 is 4.74 Å². The Morgan fingerprint density at radius 3 is 2.69 bits per heavy atom. The van der Waals surface area contributed by atoms with Crippen molar-refractivity contribution in [3.8, 4) is 11.4 Å². The number of hydrogen-bond acceptors (Lipinski definition) is 2. The van der Waals surface area contributed by atoms with Gasteiger partial charge in [0.15, 0.2) is 0 Å². The Morgan fingerprint density at radius 1 is 0.870 bits per heavy atom. The molecule has 10 rings (SSSR count). The molecule has 1 N–H and O–H groups in total. The van der Waals surface area contributed by atoms with E-state index < -0.39 is 0 Å². The van der Waals surface area contributed by atoms with E-state index in [-0.39, 0.29) is 12.0 Å². The molecular weight excluding hydrogens is 657 g/mol. The molecule has 3 nitrogen and oxygen atoms in total. The maximum absolute atomic E-state index is 6.29. The minimum atomic E-state index is 0.0855. The van der Waals surface area contributed by atoms with Crippen LogP contribution < -0.4 is 10.1 Å². The standard InChI is InChI=1S/C51H44N2O/c1-3-34(25-24-33(2)38-15-8-11-21-46(38)52-47-31-36-14-4-5-16-39(36)40-17-6-7-18-41(40)47)35-26-28-49-44(30-35)42-19-9-12-22-48(42)53(49)37-27-29-51-45(32-37)43-20-10-13-23-50(43)54-51/h3-5,7-11,13-16,18-21,23-30,32,36,43,50,52H,1,6,12,17,22,31H2,2H3/b33-24+,34-25+/t36?,43?,50-/m0/s1. The average molecular weight is 701 g/mol. The van der Waals surface area contributed by atoms with Crippen molar-refractivity contribution in [2.75, 3.05) is 5.32 Å². The summed E-state index contributed by atoms with van der Waals surface area (Å²) in [5.41, 5.74) is 17.9. The SMILES string of the molecule is C=C/C(=C\C=C(/C)c1ccccc1NC1=C2C=CCCC2=C2C=CC=CC2C1)c1ccc2c(c1)c1c(n2-c2ccc3c(c2)C2C=CC=C[C@@H]2O3)CCC=C1. The van der Waals surface area contributed by atoms with Gasteiger partial charge in [-0.2, -0.15) is 0 Å². The minimum Gasteiger partial charge on any atom is -0.485 e. The van der Waals surface area contributed by atoms with Crippen molar-refractivity contribution in [1.29, 1.82) is 0 Å². The van der Waals surface area contributed by atoms with Gasteiger partial charge in [0.2, 0.25) is 0 Å². The number of nitrogens with one attached hydrogen (secondary N) is 1. The van der Waals surface area contributed by atoms with Crippen LogP contribution in [0.1, 0.15) is 66.5 Å². The normalized spacial score (nSPS) is 22.2. The van der Waals surface area contributed by atoms with Gasteiger partial charge in [-0.15, -0.1) is 0 Å². The molecule has 5 aliphatic carbocycles. The van der Waals surface area contributed by atoms with Crippen LogP contribution >= 0.6 is 0 Å². The fraction of sp³-hybridized carbons (Fsp3) is 0.176. The molecule has 2 unspecified atom stereocenters. The Hall–Kier alpha value is -6.06. The van der Waals surface area contributed by atoms with Crippen molar-refractivity contribution in [3.05, 3.63) is 203 Å². The number of rotatable bonds is 7. The molecule has 0 radical (unpaired) electrons. The van der Waals surface area contributed by atoms with Crippen LogP contribution in [0.4, 0.5) is 5.69 Å². The van der Waals surface area contributed by atoms with Gasteiger partial charge < -0.3 is 14.6 Å². The van der Waals surface area contributed by atoms with Crippen LogP contribution in [0.3, 0.4) is 0 Å². The van der Waals surface area contributed by atoms with E-state index in [1.807, 2.05) is 6.08 Å². The molecule has 0 saturated carbocycles. The first-order valence-corrected chi connectivity index (χ1v) is 19.5. The summed E-state index contributed by atoms with van der Waals surface area (Å²) in [4.78, 5) is 0. The van der Waals surface area contributed by atoms with Crippen molar-refractivity contribution in [3.63, 3.8) is 0 Å². The second kappa shape index (κ2) is 13.4. The number of anilines is 1. The molecule has 3 heteroatoms. The largest absolute Gasteiger partial charge is 0.485 e. The second-order valence-electron chi connectivity index (χ2n) is 15.1. The molecule has 264 valence electrons. The molecule has 1 aromatic heterocycles. The lowest BCUT2D eigenvalue weighted by molar-refractivity contribution is 0.269. The molecule has 0 amide bonds. The highest BCUT2D eigenvalue weighted by Crippen LogP contribution is 2.45. The fourth-order valence-electron chi connectivity index (χ4n) is 9.33. The lowest BCUT2D eigenvalue weighted by Gasteiger charge is -2.32. The van der Waals surface area contributed by atoms with E-state index in [2.05, 4.69) is 169 Å². The van der Waals surface area contributed by atoms with Crippen LogP contribution in [0.5, 0.6) is 5.75 Å². The highest BCUT2D eigenvalue weighted by molar-refractivity contribution is 5.96. The third-order valence-electron chi connectivity index (χ3n) is 12.0. The number of ether oxygens (including phenoxy) is 1. The quantitative estimate of drug-likeness (QED) is 0.194. The van der Waals surface area contributed by atoms with Gasteiger partial charge >= 0.3 is 0 Å². The third kappa shape index (κ3) is 5.50. The first-order chi connectivity index (χ1) is 26.6. The van der Waals surface area contributed by atoms with Crippen LogP contribution in [0, 0.1) is 5.92 Å². The van der Waals surface area contributed by atoms with Crippen LogP contribution in [0.2, 0.25) is 0 Å². The maximum atomic E-state index is 6.29. The van der Waals surface area contributed by atoms with E-state index in [4.69, 9.17) is 4.74 Å². The Labute approximate surface area is 318 Å². The predicted octanol–water partition coefficient (Wildman–Crippen LogP) is 12.7. The number of benzene rings is 3. The molecule has 0 spiro atoms. The highest BCUT2D eigenvalue weighted by Gasteiger charge is 2.33. The second-order valence-corrected chi connectivity index (χ2v) is 15.1. The summed E-state index contributed by atoms with van der Waals surface area (Å²) in [6.45, 7) is 6.47. The average Bonchev–Trinajstić information content (AvgIpc) is 3.76. The number of hydrogen-bond donors (Lipinski definition) is 1. The van der Waals surface area contributed by atoms with Gasteiger partial charge in [-0.3, -0.25) is 0 Å². The fourth-order valence-corrected chi connectivity index (χ4v) is 9.33. The van der Waals surface area contributed by atoms with Crippen LogP contribution in [0.25, 0.3) is 33.8 Å². The van der Waals surface area contributed by atoms with Crippen molar-refractivity contribution in [1.82, 2.24) is 4.57 Å². The Kier molecular flexibility index (Phi) is 8.09. The first kappa shape index (κ1) is 32.6. The summed E-state index contributed by atoms with van der Waals surface area (Å²) in [6, 6.07) is 22.3. The summed E-state index contributed by atoms with van der Waals surface area (Å²) in [7, 11) is 0. The number of aromatic nitrogens is 1. The number of para-hydroxylation sites is 1. The smallest absolute Gasteiger partial charge is 0.128 e. The van der Waals surface area contributed by atoms with Gasteiger partial charge in [-0.25, -0.2) is 0 Å². The highest BCUT2D eigenvalue weighted by atomic mass is 16.5. The van der Waals surface area contributed by atoms with Crippen molar-refractivity contribution >= 4 is 33.8 Å². The van der Waals surface area contributed by atoms with E-state index in [0.29, 0.717) is 5.92 Å². The molecule has 0 bridgehead atoms. The number of fused-ring (bicyclic) bond motifs is 8. The van der Waals surface area contributed by atoms with E-state index in [0.717, 1.165) is 49.1 Å².